The van der Waals surface area contributed by atoms with Crippen molar-refractivity contribution < 1.29 is 17.9 Å². The highest BCUT2D eigenvalue weighted by atomic mass is 35.5. The number of hydrogen-bond acceptors (Lipinski definition) is 7. The Hall–Kier alpha value is -2.95. The maximum absolute atomic E-state index is 12.7. The number of thiazole rings is 1. The summed E-state index contributed by atoms with van der Waals surface area (Å²) in [7, 11) is 0. The summed E-state index contributed by atoms with van der Waals surface area (Å²) in [6.45, 7) is 2.95. The summed E-state index contributed by atoms with van der Waals surface area (Å²) in [5.41, 5.74) is 0.874. The van der Waals surface area contributed by atoms with Gasteiger partial charge in [0, 0.05) is 29.9 Å². The highest BCUT2D eigenvalue weighted by Crippen LogP contribution is 2.31. The summed E-state index contributed by atoms with van der Waals surface area (Å²) < 4.78 is 44.1. The maximum atomic E-state index is 12.7. The van der Waals surface area contributed by atoms with E-state index in [9.17, 15) is 13.2 Å². The molecular formula is C23H18Cl2F3N5OS. The van der Waals surface area contributed by atoms with Gasteiger partial charge in [-0.15, -0.1) is 11.3 Å². The number of alkyl halides is 3. The molecule has 0 saturated heterocycles. The van der Waals surface area contributed by atoms with E-state index >= 15 is 0 Å². The zero-order chi connectivity index (χ0) is 25.0. The van der Waals surface area contributed by atoms with Crippen LogP contribution in [-0.2, 0) is 19.1 Å². The van der Waals surface area contributed by atoms with Gasteiger partial charge in [-0.1, -0.05) is 35.3 Å². The van der Waals surface area contributed by atoms with Crippen molar-refractivity contribution in [2.75, 3.05) is 11.4 Å². The first kappa shape index (κ1) is 25.2. The van der Waals surface area contributed by atoms with Gasteiger partial charge in [0.25, 0.3) is 0 Å². The fourth-order valence-corrected chi connectivity index (χ4v) is 4.40. The molecule has 6 nitrogen and oxygen atoms in total. The van der Waals surface area contributed by atoms with E-state index in [1.165, 1.54) is 23.7 Å². The van der Waals surface area contributed by atoms with Gasteiger partial charge < -0.3 is 9.64 Å². The fourth-order valence-electron chi connectivity index (χ4n) is 3.19. The van der Waals surface area contributed by atoms with Gasteiger partial charge in [0.05, 0.1) is 17.8 Å². The molecule has 0 spiro atoms. The van der Waals surface area contributed by atoms with Crippen molar-refractivity contribution in [2.24, 2.45) is 0 Å². The lowest BCUT2D eigenvalue weighted by atomic mass is 10.1. The third-order valence-corrected chi connectivity index (χ3v) is 6.54. The van der Waals surface area contributed by atoms with E-state index in [4.69, 9.17) is 27.9 Å². The molecule has 12 heteroatoms. The minimum Gasteiger partial charge on any atom is -0.439 e. The second kappa shape index (κ2) is 10.8. The maximum Gasteiger partial charge on any atom is 0.417 e. The third-order valence-electron chi connectivity index (χ3n) is 5.00. The molecule has 0 amide bonds. The lowest BCUT2D eigenvalue weighted by Crippen LogP contribution is -2.26. The first-order valence-electron chi connectivity index (χ1n) is 10.3. The van der Waals surface area contributed by atoms with Crippen LogP contribution >= 0.6 is 34.5 Å². The molecule has 3 heterocycles. The standard InChI is InChI=1S/C23H18Cl2F3N5OS/c1-14-20(24)21(32-13-31-14)33(12-18-11-30-22(25)35-18)9-8-15-2-5-17(6-3-15)34-19-7-4-16(10-29-19)23(26,27)28/h2-7,10-11,13H,8-9,12H2,1H3. The minimum atomic E-state index is -4.44. The Morgan fingerprint density at radius 3 is 2.37 bits per heavy atom. The van der Waals surface area contributed by atoms with Crippen LogP contribution in [0.25, 0.3) is 0 Å². The van der Waals surface area contributed by atoms with E-state index in [-0.39, 0.29) is 5.88 Å². The van der Waals surface area contributed by atoms with Gasteiger partial charge in [-0.2, -0.15) is 13.2 Å². The Balaban J connectivity index is 1.43. The Bertz CT molecular complexity index is 1280. The van der Waals surface area contributed by atoms with Gasteiger partial charge >= 0.3 is 6.18 Å². The van der Waals surface area contributed by atoms with Crippen LogP contribution in [0.4, 0.5) is 19.0 Å². The summed E-state index contributed by atoms with van der Waals surface area (Å²) in [5.74, 6) is 1.16. The Morgan fingerprint density at radius 2 is 1.74 bits per heavy atom. The van der Waals surface area contributed by atoms with Gasteiger partial charge in [-0.05, 0) is 37.1 Å². The van der Waals surface area contributed by atoms with Crippen LogP contribution in [-0.4, -0.2) is 26.5 Å². The van der Waals surface area contributed by atoms with Crippen molar-refractivity contribution >= 4 is 40.4 Å². The number of anilines is 1. The smallest absolute Gasteiger partial charge is 0.417 e. The fraction of sp³-hybridized carbons (Fsp3) is 0.217. The monoisotopic (exact) mass is 539 g/mol. The second-order valence-corrected chi connectivity index (χ2v) is 9.55. The van der Waals surface area contributed by atoms with Crippen molar-refractivity contribution in [3.63, 3.8) is 0 Å². The van der Waals surface area contributed by atoms with Crippen molar-refractivity contribution in [1.29, 1.82) is 0 Å². The number of aromatic nitrogens is 4. The first-order valence-corrected chi connectivity index (χ1v) is 11.9. The summed E-state index contributed by atoms with van der Waals surface area (Å²) in [5, 5.41) is 0.482. The Labute approximate surface area is 213 Å². The lowest BCUT2D eigenvalue weighted by molar-refractivity contribution is -0.137. The van der Waals surface area contributed by atoms with Gasteiger partial charge in [-0.3, -0.25) is 0 Å². The molecule has 4 rings (SSSR count). The normalized spacial score (nSPS) is 11.5. The Kier molecular flexibility index (Phi) is 7.73. The van der Waals surface area contributed by atoms with Gasteiger partial charge in [-0.25, -0.2) is 19.9 Å². The number of aryl methyl sites for hydroxylation is 1. The largest absolute Gasteiger partial charge is 0.439 e. The number of rotatable bonds is 8. The summed E-state index contributed by atoms with van der Waals surface area (Å²) in [6, 6.07) is 9.37. The molecule has 0 radical (unpaired) electrons. The van der Waals surface area contributed by atoms with Gasteiger partial charge in [0.15, 0.2) is 10.3 Å². The zero-order valence-corrected chi connectivity index (χ0v) is 20.6. The van der Waals surface area contributed by atoms with Crippen LogP contribution in [0, 0.1) is 6.92 Å². The molecule has 0 fully saturated rings. The molecule has 4 aromatic rings. The average Bonchev–Trinajstić information content (AvgIpc) is 3.24. The number of pyridine rings is 1. The number of nitrogens with zero attached hydrogens (tertiary/aromatic N) is 5. The highest BCUT2D eigenvalue weighted by molar-refractivity contribution is 7.15. The van der Waals surface area contributed by atoms with Crippen molar-refractivity contribution in [3.8, 4) is 11.6 Å². The predicted molar refractivity (Wildman–Crippen MR) is 129 cm³/mol. The summed E-state index contributed by atoms with van der Waals surface area (Å²) in [6.07, 6.45) is 0.176. The molecule has 35 heavy (non-hydrogen) atoms. The number of hydrogen-bond donors (Lipinski definition) is 0. The van der Waals surface area contributed by atoms with Crippen LogP contribution in [0.2, 0.25) is 9.49 Å². The molecular weight excluding hydrogens is 522 g/mol. The van der Waals surface area contributed by atoms with Gasteiger partial charge in [0.2, 0.25) is 5.88 Å². The molecule has 0 unspecified atom stereocenters. The summed E-state index contributed by atoms with van der Waals surface area (Å²) in [4.78, 5) is 19.3. The number of ether oxygens (including phenoxy) is 1. The highest BCUT2D eigenvalue weighted by Gasteiger charge is 2.30. The van der Waals surface area contributed by atoms with Gasteiger partial charge in [0.1, 0.15) is 17.1 Å². The number of benzene rings is 1. The molecule has 0 aliphatic carbocycles. The van der Waals surface area contributed by atoms with Crippen LogP contribution in [0.1, 0.15) is 21.7 Å². The van der Waals surface area contributed by atoms with Crippen molar-refractivity contribution in [2.45, 2.75) is 26.1 Å². The van der Waals surface area contributed by atoms with E-state index in [1.54, 1.807) is 18.3 Å². The molecule has 0 aliphatic rings. The average molecular weight is 540 g/mol. The van der Waals surface area contributed by atoms with Crippen LogP contribution in [0.5, 0.6) is 11.6 Å². The summed E-state index contributed by atoms with van der Waals surface area (Å²) >= 11 is 13.9. The first-order chi connectivity index (χ1) is 16.7. The lowest BCUT2D eigenvalue weighted by Gasteiger charge is -2.24. The molecule has 0 saturated carbocycles. The molecule has 0 atom stereocenters. The van der Waals surface area contributed by atoms with Crippen molar-refractivity contribution in [3.05, 3.63) is 86.3 Å². The van der Waals surface area contributed by atoms with E-state index in [0.29, 0.717) is 46.3 Å². The minimum absolute atomic E-state index is 0.0777. The Morgan fingerprint density at radius 1 is 0.971 bits per heavy atom. The topological polar surface area (TPSA) is 64.0 Å². The molecule has 0 N–H and O–H groups in total. The third kappa shape index (κ3) is 6.59. The van der Waals surface area contributed by atoms with Crippen LogP contribution in [0.3, 0.4) is 0 Å². The number of halogens is 5. The predicted octanol–water partition coefficient (Wildman–Crippen LogP) is 7.00. The molecule has 1 aromatic carbocycles. The van der Waals surface area contributed by atoms with Crippen LogP contribution in [0.15, 0.2) is 55.1 Å². The second-order valence-electron chi connectivity index (χ2n) is 7.48. The van der Waals surface area contributed by atoms with E-state index < -0.39 is 11.7 Å². The molecule has 0 aliphatic heterocycles. The van der Waals surface area contributed by atoms with E-state index in [1.807, 2.05) is 24.0 Å². The molecule has 3 aromatic heterocycles. The SMILES string of the molecule is Cc1ncnc(N(CCc2ccc(Oc3ccc(C(F)(F)F)cn3)cc2)Cc2cnc(Cl)s2)c1Cl. The van der Waals surface area contributed by atoms with E-state index in [2.05, 4.69) is 19.9 Å². The van der Waals surface area contributed by atoms with Crippen LogP contribution < -0.4 is 9.64 Å². The van der Waals surface area contributed by atoms with Crippen molar-refractivity contribution in [1.82, 2.24) is 19.9 Å². The zero-order valence-electron chi connectivity index (χ0n) is 18.3. The molecule has 0 bridgehead atoms. The quantitative estimate of drug-likeness (QED) is 0.240. The van der Waals surface area contributed by atoms with E-state index in [0.717, 1.165) is 22.7 Å². The molecule has 182 valence electrons.